The summed E-state index contributed by atoms with van der Waals surface area (Å²) in [5, 5.41) is 6.94. The molecule has 10 heteroatoms. The summed E-state index contributed by atoms with van der Waals surface area (Å²) in [6, 6.07) is 6.71. The van der Waals surface area contributed by atoms with E-state index in [2.05, 4.69) is 10.6 Å². The van der Waals surface area contributed by atoms with Gasteiger partial charge in [-0.25, -0.2) is 0 Å². The molecule has 2 N–H and O–H groups in total. The quantitative estimate of drug-likeness (QED) is 0.742. The first-order valence-corrected chi connectivity index (χ1v) is 9.88. The molecule has 1 aromatic heterocycles. The lowest BCUT2D eigenvalue weighted by Gasteiger charge is -2.31. The minimum atomic E-state index is -4.52. The highest BCUT2D eigenvalue weighted by molar-refractivity contribution is 7.12. The molecule has 0 aliphatic carbocycles. The van der Waals surface area contributed by atoms with Crippen LogP contribution in [0.2, 0.25) is 0 Å². The third kappa shape index (κ3) is 5.70. The zero-order chi connectivity index (χ0) is 20.9. The maximum Gasteiger partial charge on any atom is 0.416 e. The van der Waals surface area contributed by atoms with Gasteiger partial charge in [-0.3, -0.25) is 9.59 Å². The third-order valence-corrected chi connectivity index (χ3v) is 5.20. The highest BCUT2D eigenvalue weighted by atomic mass is 32.1. The van der Waals surface area contributed by atoms with Gasteiger partial charge in [0.15, 0.2) is 0 Å². The Morgan fingerprint density at radius 3 is 2.59 bits per heavy atom. The first-order chi connectivity index (χ1) is 13.8. The van der Waals surface area contributed by atoms with Crippen LogP contribution in [0.1, 0.15) is 21.7 Å². The molecule has 0 saturated carbocycles. The summed E-state index contributed by atoms with van der Waals surface area (Å²) >= 11 is 1.28. The van der Waals surface area contributed by atoms with Crippen LogP contribution >= 0.6 is 11.3 Å². The Bertz CT molecular complexity index is 850. The predicted molar refractivity (Wildman–Crippen MR) is 104 cm³/mol. The van der Waals surface area contributed by atoms with Crippen molar-refractivity contribution >= 4 is 34.5 Å². The number of ether oxygens (including phenoxy) is 1. The van der Waals surface area contributed by atoms with Gasteiger partial charge in [-0.2, -0.15) is 13.2 Å². The van der Waals surface area contributed by atoms with E-state index in [-0.39, 0.29) is 24.6 Å². The number of anilines is 2. The first kappa shape index (κ1) is 21.1. The fraction of sp³-hybridized carbons (Fsp3) is 0.368. The van der Waals surface area contributed by atoms with Gasteiger partial charge in [0.1, 0.15) is 0 Å². The summed E-state index contributed by atoms with van der Waals surface area (Å²) in [4.78, 5) is 26.6. The van der Waals surface area contributed by atoms with Gasteiger partial charge >= 0.3 is 6.18 Å². The van der Waals surface area contributed by atoms with Crippen LogP contribution in [-0.4, -0.2) is 44.7 Å². The number of rotatable bonds is 6. The Labute approximate surface area is 169 Å². The zero-order valence-corrected chi connectivity index (χ0v) is 16.2. The van der Waals surface area contributed by atoms with E-state index in [1.54, 1.807) is 17.5 Å². The molecule has 0 spiro atoms. The molecule has 1 aromatic carbocycles. The number of hydrogen-bond donors (Lipinski definition) is 2. The van der Waals surface area contributed by atoms with Gasteiger partial charge in [0.05, 0.1) is 35.0 Å². The molecule has 29 heavy (non-hydrogen) atoms. The predicted octanol–water partition coefficient (Wildman–Crippen LogP) is 3.36. The molecule has 0 bridgehead atoms. The number of halogens is 3. The molecule has 0 atom stereocenters. The number of carbonyl (C=O) groups is 2. The van der Waals surface area contributed by atoms with Crippen molar-refractivity contribution in [3.05, 3.63) is 46.2 Å². The number of nitrogens with zero attached hydrogens (tertiary/aromatic N) is 1. The van der Waals surface area contributed by atoms with Gasteiger partial charge in [0.25, 0.3) is 5.91 Å². The number of nitrogens with one attached hydrogen (secondary N) is 2. The van der Waals surface area contributed by atoms with E-state index in [0.717, 1.165) is 12.1 Å². The number of benzene rings is 1. The van der Waals surface area contributed by atoms with Crippen LogP contribution in [0, 0.1) is 0 Å². The number of amides is 2. The minimum Gasteiger partial charge on any atom is -0.378 e. The van der Waals surface area contributed by atoms with Gasteiger partial charge in [-0.05, 0) is 29.6 Å². The summed E-state index contributed by atoms with van der Waals surface area (Å²) in [6.07, 6.45) is -4.58. The fourth-order valence-electron chi connectivity index (χ4n) is 2.89. The molecule has 0 unspecified atom stereocenters. The van der Waals surface area contributed by atoms with Crippen molar-refractivity contribution in [2.24, 2.45) is 0 Å². The van der Waals surface area contributed by atoms with Crippen molar-refractivity contribution in [3.63, 3.8) is 0 Å². The van der Waals surface area contributed by atoms with Crippen LogP contribution in [-0.2, 0) is 15.7 Å². The zero-order valence-electron chi connectivity index (χ0n) is 15.4. The van der Waals surface area contributed by atoms with E-state index in [1.807, 2.05) is 4.90 Å². The molecule has 1 saturated heterocycles. The number of thiophene rings is 1. The molecular formula is C19H20F3N3O3S. The van der Waals surface area contributed by atoms with Crippen LogP contribution in [0.5, 0.6) is 0 Å². The van der Waals surface area contributed by atoms with Gasteiger partial charge in [-0.15, -0.1) is 11.3 Å². The molecule has 0 radical (unpaired) electrons. The lowest BCUT2D eigenvalue weighted by Crippen LogP contribution is -2.37. The molecule has 1 fully saturated rings. The molecule has 2 heterocycles. The average Bonchev–Trinajstić information content (AvgIpc) is 3.23. The molecule has 3 rings (SSSR count). The standard InChI is InChI=1S/C19H20F3N3O3S/c20-19(21,22)13-3-4-15(25-7-9-28-10-8-25)14(12-13)24-17(26)5-6-23-18(27)16-2-1-11-29-16/h1-4,11-12H,5-10H2,(H,23,27)(H,24,26). The van der Waals surface area contributed by atoms with Crippen LogP contribution in [0.25, 0.3) is 0 Å². The Morgan fingerprint density at radius 1 is 1.17 bits per heavy atom. The van der Waals surface area contributed by atoms with Crippen molar-refractivity contribution in [1.29, 1.82) is 0 Å². The Kier molecular flexibility index (Phi) is 6.75. The second kappa shape index (κ2) is 9.27. The number of morpholine rings is 1. The maximum absolute atomic E-state index is 13.1. The summed E-state index contributed by atoms with van der Waals surface area (Å²) in [7, 11) is 0. The third-order valence-electron chi connectivity index (χ3n) is 4.33. The van der Waals surface area contributed by atoms with Gasteiger partial charge < -0.3 is 20.3 Å². The van der Waals surface area contributed by atoms with E-state index >= 15 is 0 Å². The monoisotopic (exact) mass is 427 g/mol. The van der Waals surface area contributed by atoms with Gasteiger partial charge in [0.2, 0.25) is 5.91 Å². The molecule has 1 aliphatic heterocycles. The average molecular weight is 427 g/mol. The van der Waals surface area contributed by atoms with Crippen molar-refractivity contribution < 1.29 is 27.5 Å². The number of alkyl halides is 3. The number of carbonyl (C=O) groups excluding carboxylic acids is 2. The fourth-order valence-corrected chi connectivity index (χ4v) is 3.53. The summed E-state index contributed by atoms with van der Waals surface area (Å²) in [6.45, 7) is 2.04. The van der Waals surface area contributed by atoms with Gasteiger partial charge in [0, 0.05) is 26.1 Å². The van der Waals surface area contributed by atoms with Crippen LogP contribution in [0.15, 0.2) is 35.7 Å². The van der Waals surface area contributed by atoms with Crippen molar-refractivity contribution in [2.75, 3.05) is 43.1 Å². The van der Waals surface area contributed by atoms with E-state index in [1.165, 1.54) is 17.4 Å². The molecule has 1 aliphatic rings. The highest BCUT2D eigenvalue weighted by Gasteiger charge is 2.31. The van der Waals surface area contributed by atoms with E-state index in [9.17, 15) is 22.8 Å². The normalized spacial score (nSPS) is 14.5. The largest absolute Gasteiger partial charge is 0.416 e. The number of hydrogen-bond acceptors (Lipinski definition) is 5. The van der Waals surface area contributed by atoms with Crippen molar-refractivity contribution in [2.45, 2.75) is 12.6 Å². The Hall–Kier alpha value is -2.59. The summed E-state index contributed by atoms with van der Waals surface area (Å²) in [5.74, 6) is -0.772. The smallest absolute Gasteiger partial charge is 0.378 e. The SMILES string of the molecule is O=C(CCNC(=O)c1cccs1)Nc1cc(C(F)(F)F)ccc1N1CCOCC1. The van der Waals surface area contributed by atoms with E-state index < -0.39 is 17.6 Å². The van der Waals surface area contributed by atoms with Crippen molar-refractivity contribution in [1.82, 2.24) is 5.32 Å². The lowest BCUT2D eigenvalue weighted by molar-refractivity contribution is -0.137. The molecule has 2 aromatic rings. The van der Waals surface area contributed by atoms with Crippen LogP contribution in [0.3, 0.4) is 0 Å². The maximum atomic E-state index is 13.1. The first-order valence-electron chi connectivity index (χ1n) is 9.00. The molecule has 6 nitrogen and oxygen atoms in total. The summed E-state index contributed by atoms with van der Waals surface area (Å²) in [5.41, 5.74) is -0.232. The molecular weight excluding hydrogens is 407 g/mol. The second-order valence-corrected chi connectivity index (χ2v) is 7.31. The van der Waals surface area contributed by atoms with Crippen LogP contribution < -0.4 is 15.5 Å². The summed E-state index contributed by atoms with van der Waals surface area (Å²) < 4.78 is 44.6. The topological polar surface area (TPSA) is 70.7 Å². The molecule has 156 valence electrons. The highest BCUT2D eigenvalue weighted by Crippen LogP contribution is 2.35. The van der Waals surface area contributed by atoms with E-state index in [4.69, 9.17) is 4.74 Å². The van der Waals surface area contributed by atoms with Gasteiger partial charge in [-0.1, -0.05) is 6.07 Å². The van der Waals surface area contributed by atoms with Crippen molar-refractivity contribution in [3.8, 4) is 0 Å². The Morgan fingerprint density at radius 2 is 1.93 bits per heavy atom. The molecule has 2 amide bonds. The van der Waals surface area contributed by atoms with E-state index in [0.29, 0.717) is 36.9 Å². The second-order valence-electron chi connectivity index (χ2n) is 6.36. The minimum absolute atomic E-state index is 0.0596. The lowest BCUT2D eigenvalue weighted by atomic mass is 10.1. The Balaban J connectivity index is 1.66. The van der Waals surface area contributed by atoms with Crippen LogP contribution in [0.4, 0.5) is 24.5 Å².